The van der Waals surface area contributed by atoms with Crippen molar-refractivity contribution in [2.24, 2.45) is 0 Å². The lowest BCUT2D eigenvalue weighted by atomic mass is 10.1. The smallest absolute Gasteiger partial charge is 0.113 e. The maximum absolute atomic E-state index is 9.01. The van der Waals surface area contributed by atoms with E-state index in [1.165, 1.54) is 0 Å². The number of nitrogens with one attached hydrogen (secondary N) is 1. The highest BCUT2D eigenvalue weighted by molar-refractivity contribution is 6.30. The van der Waals surface area contributed by atoms with Gasteiger partial charge in [0.05, 0.1) is 19.3 Å². The number of hydrogen-bond acceptors (Lipinski definition) is 4. The Morgan fingerprint density at radius 2 is 1.60 bits per heavy atom. The van der Waals surface area contributed by atoms with Crippen LogP contribution in [0.3, 0.4) is 0 Å². The lowest BCUT2D eigenvalue weighted by Gasteiger charge is -2.10. The summed E-state index contributed by atoms with van der Waals surface area (Å²) < 4.78 is 0. The Kier molecular flexibility index (Phi) is 8.20. The number of rotatable bonds is 7. The van der Waals surface area contributed by atoms with Gasteiger partial charge >= 0.3 is 0 Å². The summed E-state index contributed by atoms with van der Waals surface area (Å²) in [6.07, 6.45) is 5.74. The molecule has 4 nitrogen and oxygen atoms in total. The molecule has 3 rings (SSSR count). The lowest BCUT2D eigenvalue weighted by Crippen LogP contribution is -2.35. The number of halogens is 1. The van der Waals surface area contributed by atoms with Crippen molar-refractivity contribution in [1.82, 2.24) is 10.3 Å². The second-order valence-electron chi connectivity index (χ2n) is 6.68. The van der Waals surface area contributed by atoms with Crippen LogP contribution in [0.1, 0.15) is 16.8 Å². The minimum absolute atomic E-state index is 0.0869. The molecule has 3 aromatic rings. The van der Waals surface area contributed by atoms with E-state index in [-0.39, 0.29) is 19.3 Å². The predicted octanol–water partition coefficient (Wildman–Crippen LogP) is 3.76. The maximum Gasteiger partial charge on any atom is 0.113 e. The summed E-state index contributed by atoms with van der Waals surface area (Å²) in [6, 6.07) is 19.2. The van der Waals surface area contributed by atoms with E-state index < -0.39 is 0 Å². The van der Waals surface area contributed by atoms with Gasteiger partial charge in [-0.05, 0) is 47.4 Å². The zero-order valence-corrected chi connectivity index (χ0v) is 17.2. The molecule has 152 valence electrons. The lowest BCUT2D eigenvalue weighted by molar-refractivity contribution is 0.174. The van der Waals surface area contributed by atoms with Crippen molar-refractivity contribution < 1.29 is 10.2 Å². The normalized spacial score (nSPS) is 10.9. The summed E-state index contributed by atoms with van der Waals surface area (Å²) in [7, 11) is 0. The molecule has 2 aromatic carbocycles. The van der Waals surface area contributed by atoms with Gasteiger partial charge in [0, 0.05) is 28.9 Å². The van der Waals surface area contributed by atoms with Crippen molar-refractivity contribution in [3.8, 4) is 23.0 Å². The first kappa shape index (κ1) is 21.8. The molecule has 0 aliphatic heterocycles. The van der Waals surface area contributed by atoms with Gasteiger partial charge in [-0.3, -0.25) is 0 Å². The molecule has 0 bridgehead atoms. The molecule has 0 saturated heterocycles. The number of nitrogens with zero attached hydrogens (tertiary/aromatic N) is 1. The molecule has 0 aliphatic rings. The molecule has 0 spiro atoms. The first-order chi connectivity index (χ1) is 14.7. The van der Waals surface area contributed by atoms with Crippen molar-refractivity contribution in [3.05, 3.63) is 94.8 Å². The molecular formula is C25H23ClN2O2. The predicted molar refractivity (Wildman–Crippen MR) is 122 cm³/mol. The number of pyridine rings is 1. The van der Waals surface area contributed by atoms with E-state index in [0.29, 0.717) is 17.3 Å². The van der Waals surface area contributed by atoms with Gasteiger partial charge in [0.15, 0.2) is 0 Å². The summed E-state index contributed by atoms with van der Waals surface area (Å²) in [6.45, 7) is 0.401. The third kappa shape index (κ3) is 6.55. The van der Waals surface area contributed by atoms with Gasteiger partial charge in [0.25, 0.3) is 0 Å². The van der Waals surface area contributed by atoms with E-state index in [1.54, 1.807) is 0 Å². The average Bonchev–Trinajstić information content (AvgIpc) is 2.79. The van der Waals surface area contributed by atoms with Crippen molar-refractivity contribution in [2.45, 2.75) is 6.04 Å². The van der Waals surface area contributed by atoms with Gasteiger partial charge in [-0.1, -0.05) is 60.0 Å². The van der Waals surface area contributed by atoms with Crippen LogP contribution in [-0.4, -0.2) is 41.0 Å². The van der Waals surface area contributed by atoms with Crippen molar-refractivity contribution >= 4 is 17.7 Å². The molecule has 5 heteroatoms. The average molecular weight is 419 g/mol. The number of aliphatic hydroxyl groups excluding tert-OH is 2. The zero-order chi connectivity index (χ0) is 21.2. The van der Waals surface area contributed by atoms with E-state index in [2.05, 4.69) is 22.1 Å². The van der Waals surface area contributed by atoms with E-state index >= 15 is 0 Å². The van der Waals surface area contributed by atoms with Gasteiger partial charge in [-0.25, -0.2) is 4.98 Å². The molecule has 30 heavy (non-hydrogen) atoms. The molecule has 0 fully saturated rings. The highest BCUT2D eigenvalue weighted by Gasteiger charge is 2.01. The van der Waals surface area contributed by atoms with Crippen LogP contribution in [0.25, 0.3) is 17.2 Å². The minimum atomic E-state index is -0.291. The second kappa shape index (κ2) is 11.3. The summed E-state index contributed by atoms with van der Waals surface area (Å²) in [5, 5.41) is 21.8. The fourth-order valence-corrected chi connectivity index (χ4v) is 2.84. The Bertz CT molecular complexity index is 1010. The van der Waals surface area contributed by atoms with Crippen molar-refractivity contribution in [1.29, 1.82) is 0 Å². The third-order valence-electron chi connectivity index (χ3n) is 4.46. The fraction of sp³-hybridized carbons (Fsp3) is 0.160. The number of aromatic nitrogens is 1. The largest absolute Gasteiger partial charge is 0.395 e. The number of hydrogen-bond donors (Lipinski definition) is 3. The van der Waals surface area contributed by atoms with E-state index in [9.17, 15) is 0 Å². The SMILES string of the molecule is OCC(CO)NCC=Cc1ccc(C#Cc2ccc(-c3ccc(Cl)cc3)cn2)cc1. The Balaban J connectivity index is 1.57. The first-order valence-corrected chi connectivity index (χ1v) is 10.0. The Morgan fingerprint density at radius 1 is 0.900 bits per heavy atom. The molecule has 0 radical (unpaired) electrons. The monoisotopic (exact) mass is 418 g/mol. The Morgan fingerprint density at radius 3 is 2.23 bits per heavy atom. The van der Waals surface area contributed by atoms with Crippen LogP contribution < -0.4 is 5.32 Å². The molecule has 0 aliphatic carbocycles. The third-order valence-corrected chi connectivity index (χ3v) is 4.71. The van der Waals surface area contributed by atoms with Crippen LogP contribution in [0.5, 0.6) is 0 Å². The van der Waals surface area contributed by atoms with Crippen LogP contribution in [0.2, 0.25) is 5.02 Å². The topological polar surface area (TPSA) is 65.4 Å². The van der Waals surface area contributed by atoms with Crippen LogP contribution in [0.15, 0.2) is 72.9 Å². The fourth-order valence-electron chi connectivity index (χ4n) is 2.71. The van der Waals surface area contributed by atoms with Crippen molar-refractivity contribution in [2.75, 3.05) is 19.8 Å². The van der Waals surface area contributed by atoms with Gasteiger partial charge in [-0.15, -0.1) is 0 Å². The number of aliphatic hydroxyl groups is 2. The van der Waals surface area contributed by atoms with E-state index in [0.717, 1.165) is 22.3 Å². The quantitative estimate of drug-likeness (QED) is 0.511. The van der Waals surface area contributed by atoms with Gasteiger partial charge in [-0.2, -0.15) is 0 Å². The molecular weight excluding hydrogens is 396 g/mol. The Labute approximate surface area is 181 Å². The molecule has 3 N–H and O–H groups in total. The summed E-state index contributed by atoms with van der Waals surface area (Å²) >= 11 is 5.93. The van der Waals surface area contributed by atoms with Crippen LogP contribution in [0.4, 0.5) is 0 Å². The van der Waals surface area contributed by atoms with Crippen molar-refractivity contribution in [3.63, 3.8) is 0 Å². The van der Waals surface area contributed by atoms with E-state index in [1.807, 2.05) is 79.0 Å². The summed E-state index contributed by atoms with van der Waals surface area (Å²) in [4.78, 5) is 4.43. The zero-order valence-electron chi connectivity index (χ0n) is 16.4. The van der Waals surface area contributed by atoms with Gasteiger partial charge < -0.3 is 15.5 Å². The van der Waals surface area contributed by atoms with Gasteiger partial charge in [0.2, 0.25) is 0 Å². The highest BCUT2D eigenvalue weighted by atomic mass is 35.5. The minimum Gasteiger partial charge on any atom is -0.395 e. The highest BCUT2D eigenvalue weighted by Crippen LogP contribution is 2.20. The molecule has 0 saturated carbocycles. The molecule has 1 heterocycles. The van der Waals surface area contributed by atoms with Crippen LogP contribution >= 0.6 is 11.6 Å². The summed E-state index contributed by atoms with van der Waals surface area (Å²) in [5.74, 6) is 6.22. The second-order valence-corrected chi connectivity index (χ2v) is 7.12. The molecule has 0 atom stereocenters. The van der Waals surface area contributed by atoms with Crippen LogP contribution in [-0.2, 0) is 0 Å². The van der Waals surface area contributed by atoms with E-state index in [4.69, 9.17) is 21.8 Å². The standard InChI is InChI=1S/C25H23ClN2O2/c26-23-11-8-21(9-12-23)22-10-14-24(28-16-22)13-7-20-5-3-19(4-6-20)2-1-15-27-25(17-29)18-30/h1-6,8-12,14,16,25,27,29-30H,15,17-18H2. The molecule has 0 unspecified atom stereocenters. The van der Waals surface area contributed by atoms with Crippen LogP contribution in [0, 0.1) is 11.8 Å². The van der Waals surface area contributed by atoms with Gasteiger partial charge in [0.1, 0.15) is 5.69 Å². The summed E-state index contributed by atoms with van der Waals surface area (Å²) in [5.41, 5.74) is 4.76. The number of benzene rings is 2. The maximum atomic E-state index is 9.01. The Hall–Kier alpha value is -2.94. The molecule has 0 amide bonds. The first-order valence-electron chi connectivity index (χ1n) is 9.63. The molecule has 1 aromatic heterocycles.